The van der Waals surface area contributed by atoms with Crippen LogP contribution in [0, 0.1) is 0 Å². The molecule has 0 saturated heterocycles. The third kappa shape index (κ3) is 4.86. The van der Waals surface area contributed by atoms with Gasteiger partial charge < -0.3 is 0 Å². The van der Waals surface area contributed by atoms with Crippen molar-refractivity contribution in [1.82, 2.24) is 0 Å². The van der Waals surface area contributed by atoms with Gasteiger partial charge in [-0.1, -0.05) is 45.0 Å². The van der Waals surface area contributed by atoms with Gasteiger partial charge in [-0.05, 0) is 29.0 Å². The first kappa shape index (κ1) is 13.3. The van der Waals surface area contributed by atoms with Gasteiger partial charge in [-0.2, -0.15) is 0 Å². The van der Waals surface area contributed by atoms with E-state index in [1.54, 1.807) is 0 Å². The first-order chi connectivity index (χ1) is 7.50. The fraction of sp³-hybridized carbons (Fsp3) is 0.286. The summed E-state index contributed by atoms with van der Waals surface area (Å²) in [5.41, 5.74) is 0.341. The van der Waals surface area contributed by atoms with E-state index >= 15 is 0 Å². The molecule has 0 aliphatic carbocycles. The van der Waals surface area contributed by atoms with Gasteiger partial charge >= 0.3 is 0 Å². The summed E-state index contributed by atoms with van der Waals surface area (Å²) in [5.74, 6) is 0. The van der Waals surface area contributed by atoms with Crippen molar-refractivity contribution in [3.05, 3.63) is 52.7 Å². The van der Waals surface area contributed by atoms with Crippen LogP contribution in [0.4, 0.5) is 0 Å². The third-order valence-corrected chi connectivity index (χ3v) is 3.61. The molecule has 0 saturated carbocycles. The van der Waals surface area contributed by atoms with E-state index in [1.165, 1.54) is 4.88 Å². The van der Waals surface area contributed by atoms with Crippen molar-refractivity contribution in [2.45, 2.75) is 31.1 Å². The van der Waals surface area contributed by atoms with Gasteiger partial charge in [0.05, 0.1) is 0 Å². The van der Waals surface area contributed by atoms with Crippen LogP contribution in [0.1, 0.15) is 25.6 Å². The molecule has 0 atom stereocenters. The summed E-state index contributed by atoms with van der Waals surface area (Å²) in [4.78, 5) is 2.48. The largest absolute Gasteiger partial charge is 0.148 e. The quantitative estimate of drug-likeness (QED) is 0.623. The first-order valence-corrected chi connectivity index (χ1v) is 6.61. The highest BCUT2D eigenvalue weighted by Gasteiger charge is 2.13. The molecule has 0 spiro atoms. The van der Waals surface area contributed by atoms with E-state index in [0.29, 0.717) is 5.41 Å². The maximum absolute atomic E-state index is 4.08. The Morgan fingerprint density at radius 1 is 0.938 bits per heavy atom. The van der Waals surface area contributed by atoms with Crippen molar-refractivity contribution in [3.63, 3.8) is 0 Å². The second-order valence-corrected chi connectivity index (χ2v) is 6.03. The first-order valence-electron chi connectivity index (χ1n) is 5.28. The van der Waals surface area contributed by atoms with Gasteiger partial charge in [-0.25, -0.2) is 0 Å². The molecule has 0 aliphatic heterocycles. The van der Waals surface area contributed by atoms with E-state index < -0.39 is 0 Å². The molecule has 1 aromatic heterocycles. The van der Waals surface area contributed by atoms with Gasteiger partial charge in [-0.15, -0.1) is 24.0 Å². The summed E-state index contributed by atoms with van der Waals surface area (Å²) in [7, 11) is 0. The van der Waals surface area contributed by atoms with Crippen molar-refractivity contribution in [2.75, 3.05) is 0 Å². The number of thiophene rings is 1. The summed E-state index contributed by atoms with van der Waals surface area (Å²) >= 11 is 5.91. The highest BCUT2D eigenvalue weighted by Crippen LogP contribution is 2.25. The van der Waals surface area contributed by atoms with Crippen LogP contribution in [0.5, 0.6) is 0 Å². The van der Waals surface area contributed by atoms with Crippen molar-refractivity contribution >= 4 is 24.0 Å². The Labute approximate surface area is 108 Å². The lowest BCUT2D eigenvalue weighted by Gasteiger charge is -2.14. The van der Waals surface area contributed by atoms with Crippen LogP contribution in [0.3, 0.4) is 0 Å². The molecule has 2 aromatic rings. The van der Waals surface area contributed by atoms with Crippen LogP contribution in [-0.4, -0.2) is 0 Å². The normalized spacial score (nSPS) is 10.5. The zero-order valence-electron chi connectivity index (χ0n) is 9.97. The zero-order valence-corrected chi connectivity index (χ0v) is 11.7. The lowest BCUT2D eigenvalue weighted by molar-refractivity contribution is 0.604. The fourth-order valence-electron chi connectivity index (χ4n) is 1.13. The maximum atomic E-state index is 4.08. The number of hydrogen-bond acceptors (Lipinski definition) is 2. The molecular weight excluding hydrogens is 232 g/mol. The molecule has 0 fully saturated rings. The Kier molecular flexibility index (Phi) is 5.10. The van der Waals surface area contributed by atoms with Crippen molar-refractivity contribution in [2.24, 2.45) is 0 Å². The molecule has 0 unspecified atom stereocenters. The summed E-state index contributed by atoms with van der Waals surface area (Å²) in [5, 5.41) is 2.13. The Morgan fingerprint density at radius 3 is 1.81 bits per heavy atom. The van der Waals surface area contributed by atoms with Crippen molar-refractivity contribution in [3.8, 4) is 0 Å². The number of rotatable bonds is 0. The summed E-state index contributed by atoms with van der Waals surface area (Å²) in [6.07, 6.45) is 0. The number of benzene rings is 1. The highest BCUT2D eigenvalue weighted by atomic mass is 32.1. The lowest BCUT2D eigenvalue weighted by Crippen LogP contribution is -2.07. The molecule has 86 valence electrons. The van der Waals surface area contributed by atoms with Crippen LogP contribution >= 0.6 is 24.0 Å². The van der Waals surface area contributed by atoms with Crippen molar-refractivity contribution < 1.29 is 0 Å². The standard InChI is InChI=1S/C8H12S.C6H6S/c1-8(2,3)7-5-4-6-9-7;7-6-4-2-1-3-5-6/h4-6H,1-3H3;1-5,7H. The monoisotopic (exact) mass is 250 g/mol. The summed E-state index contributed by atoms with van der Waals surface area (Å²) < 4.78 is 0. The van der Waals surface area contributed by atoms with Gasteiger partial charge in [0.15, 0.2) is 0 Å². The second-order valence-electron chi connectivity index (χ2n) is 4.56. The van der Waals surface area contributed by atoms with Crippen LogP contribution < -0.4 is 0 Å². The van der Waals surface area contributed by atoms with Crippen molar-refractivity contribution in [1.29, 1.82) is 0 Å². The van der Waals surface area contributed by atoms with Gasteiger partial charge in [-0.3, -0.25) is 0 Å². The Morgan fingerprint density at radius 2 is 1.56 bits per heavy atom. The molecular formula is C14H18S2. The van der Waals surface area contributed by atoms with E-state index in [0.717, 1.165) is 4.90 Å². The smallest absolute Gasteiger partial charge is 0.00987 e. The average molecular weight is 250 g/mol. The van der Waals surface area contributed by atoms with Gasteiger partial charge in [0, 0.05) is 9.77 Å². The predicted molar refractivity (Wildman–Crippen MR) is 76.7 cm³/mol. The molecule has 1 heterocycles. The molecule has 1 aromatic carbocycles. The van der Waals surface area contributed by atoms with Gasteiger partial charge in [0.1, 0.15) is 0 Å². The Hall–Kier alpha value is -0.730. The molecule has 0 nitrogen and oxygen atoms in total. The molecule has 0 bridgehead atoms. The number of hydrogen-bond donors (Lipinski definition) is 1. The average Bonchev–Trinajstić information content (AvgIpc) is 2.71. The highest BCUT2D eigenvalue weighted by molar-refractivity contribution is 7.80. The molecule has 16 heavy (non-hydrogen) atoms. The fourth-order valence-corrected chi connectivity index (χ4v) is 2.12. The lowest BCUT2D eigenvalue weighted by atomic mass is 9.95. The summed E-state index contributed by atoms with van der Waals surface area (Å²) in [6, 6.07) is 14.1. The predicted octanol–water partition coefficient (Wildman–Crippen LogP) is 5.02. The van der Waals surface area contributed by atoms with Crippen LogP contribution in [-0.2, 0) is 5.41 Å². The van der Waals surface area contributed by atoms with Crippen LogP contribution in [0.15, 0.2) is 52.7 Å². The zero-order chi connectivity index (χ0) is 12.0. The molecule has 2 heteroatoms. The molecule has 0 aliphatic rings. The van der Waals surface area contributed by atoms with E-state index in [9.17, 15) is 0 Å². The molecule has 0 amide bonds. The molecule has 0 radical (unpaired) electrons. The Balaban J connectivity index is 0.000000165. The number of thiol groups is 1. The van der Waals surface area contributed by atoms with Gasteiger partial charge in [0.25, 0.3) is 0 Å². The maximum Gasteiger partial charge on any atom is 0.00987 e. The molecule has 2 rings (SSSR count). The SMILES string of the molecule is CC(C)(C)c1cccs1.Sc1ccccc1. The summed E-state index contributed by atoms with van der Waals surface area (Å²) in [6.45, 7) is 6.70. The Bertz CT molecular complexity index is 382. The minimum atomic E-state index is 0.341. The van der Waals surface area contributed by atoms with Gasteiger partial charge in [0.2, 0.25) is 0 Å². The van der Waals surface area contributed by atoms with E-state index in [4.69, 9.17) is 0 Å². The molecule has 0 N–H and O–H groups in total. The topological polar surface area (TPSA) is 0 Å². The van der Waals surface area contributed by atoms with Crippen LogP contribution in [0.25, 0.3) is 0 Å². The van der Waals surface area contributed by atoms with Crippen LogP contribution in [0.2, 0.25) is 0 Å². The third-order valence-electron chi connectivity index (χ3n) is 2.02. The minimum Gasteiger partial charge on any atom is -0.148 e. The van der Waals surface area contributed by atoms with E-state index in [2.05, 4.69) is 50.9 Å². The minimum absolute atomic E-state index is 0.341. The second kappa shape index (κ2) is 6.12. The van der Waals surface area contributed by atoms with E-state index in [1.807, 2.05) is 41.7 Å². The van der Waals surface area contributed by atoms with E-state index in [-0.39, 0.29) is 0 Å².